The highest BCUT2D eigenvalue weighted by Gasteiger charge is 2.33. The predicted octanol–water partition coefficient (Wildman–Crippen LogP) is 3.01. The Bertz CT molecular complexity index is 718. The van der Waals surface area contributed by atoms with E-state index in [1.165, 1.54) is 0 Å². The van der Waals surface area contributed by atoms with Gasteiger partial charge >= 0.3 is 6.09 Å². The molecule has 2 aliphatic rings. The summed E-state index contributed by atoms with van der Waals surface area (Å²) in [5.41, 5.74) is 0. The van der Waals surface area contributed by atoms with Gasteiger partial charge in [-0.3, -0.25) is 4.99 Å². The van der Waals surface area contributed by atoms with Crippen LogP contribution in [0.4, 0.5) is 10.6 Å². The van der Waals surface area contributed by atoms with Gasteiger partial charge in [0.1, 0.15) is 5.82 Å². The van der Waals surface area contributed by atoms with Crippen molar-refractivity contribution in [3.8, 4) is 0 Å². The molecule has 0 spiro atoms. The number of hydrogen-bond donors (Lipinski definition) is 3. The van der Waals surface area contributed by atoms with Crippen LogP contribution in [0.3, 0.4) is 0 Å². The third kappa shape index (κ3) is 7.33. The molecule has 10 heteroatoms. The molecule has 1 saturated heterocycles. The number of pyridine rings is 1. The number of carbonyl (C=O) groups is 1. The van der Waals surface area contributed by atoms with E-state index in [0.29, 0.717) is 24.1 Å². The van der Waals surface area contributed by atoms with Gasteiger partial charge in [0.2, 0.25) is 0 Å². The van der Waals surface area contributed by atoms with Crippen LogP contribution < -0.4 is 20.9 Å². The maximum Gasteiger partial charge on any atom is 0.407 e. The number of aliphatic imine (C=N–C) groups is 1. The van der Waals surface area contributed by atoms with Gasteiger partial charge in [-0.15, -0.1) is 24.0 Å². The van der Waals surface area contributed by atoms with E-state index in [9.17, 15) is 4.79 Å². The van der Waals surface area contributed by atoms with Crippen molar-refractivity contribution in [2.75, 3.05) is 37.7 Å². The van der Waals surface area contributed by atoms with Crippen molar-refractivity contribution in [1.29, 1.82) is 0 Å². The minimum Gasteiger partial charge on any atom is -0.450 e. The van der Waals surface area contributed by atoms with E-state index in [4.69, 9.17) is 21.3 Å². The predicted molar refractivity (Wildman–Crippen MR) is 131 cm³/mol. The van der Waals surface area contributed by atoms with Crippen LogP contribution in [0.5, 0.6) is 0 Å². The first-order chi connectivity index (χ1) is 14.1. The summed E-state index contributed by atoms with van der Waals surface area (Å²) in [5, 5.41) is 10.4. The second-order valence-corrected chi connectivity index (χ2v) is 7.82. The van der Waals surface area contributed by atoms with Gasteiger partial charge in [-0.25, -0.2) is 9.78 Å². The normalized spacial score (nSPS) is 19.6. The zero-order chi connectivity index (χ0) is 20.6. The number of amides is 1. The molecule has 0 radical (unpaired) electrons. The molecule has 0 aromatic carbocycles. The summed E-state index contributed by atoms with van der Waals surface area (Å²) in [6.45, 7) is 7.22. The van der Waals surface area contributed by atoms with E-state index < -0.39 is 0 Å². The summed E-state index contributed by atoms with van der Waals surface area (Å²) in [4.78, 5) is 23.1. The number of alkyl carbamates (subject to hydrolysis) is 1. The van der Waals surface area contributed by atoms with Crippen LogP contribution in [0.25, 0.3) is 0 Å². The number of guanidine groups is 1. The van der Waals surface area contributed by atoms with Crippen molar-refractivity contribution in [2.45, 2.75) is 45.2 Å². The number of anilines is 1. The van der Waals surface area contributed by atoms with Gasteiger partial charge in [-0.2, -0.15) is 0 Å². The number of carbonyl (C=O) groups excluding carboxylic acids is 1. The van der Waals surface area contributed by atoms with E-state index in [0.717, 1.165) is 50.7 Å². The Kier molecular flexibility index (Phi) is 10.2. The molecule has 30 heavy (non-hydrogen) atoms. The number of hydrogen-bond acceptors (Lipinski definition) is 5. The van der Waals surface area contributed by atoms with Crippen molar-refractivity contribution in [1.82, 2.24) is 20.9 Å². The first-order valence-corrected chi connectivity index (χ1v) is 10.8. The molecular weight excluding hydrogens is 519 g/mol. The first-order valence-electron chi connectivity index (χ1n) is 10.4. The van der Waals surface area contributed by atoms with Crippen LogP contribution in [-0.2, 0) is 4.74 Å². The van der Waals surface area contributed by atoms with Crippen LogP contribution in [0.2, 0.25) is 5.02 Å². The van der Waals surface area contributed by atoms with Crippen LogP contribution in [0.15, 0.2) is 23.3 Å². The third-order valence-corrected chi connectivity index (χ3v) is 5.42. The summed E-state index contributed by atoms with van der Waals surface area (Å²) >= 11 is 6.29. The molecule has 1 amide bonds. The summed E-state index contributed by atoms with van der Waals surface area (Å²) in [7, 11) is 0. The lowest BCUT2D eigenvalue weighted by atomic mass is 10.2. The van der Waals surface area contributed by atoms with Crippen LogP contribution >= 0.6 is 35.6 Å². The van der Waals surface area contributed by atoms with Crippen LogP contribution in [-0.4, -0.2) is 61.9 Å². The van der Waals surface area contributed by atoms with E-state index in [2.05, 4.69) is 25.8 Å². The molecule has 0 bridgehead atoms. The van der Waals surface area contributed by atoms with E-state index in [1.54, 1.807) is 13.1 Å². The highest BCUT2D eigenvalue weighted by Crippen LogP contribution is 2.33. The number of halogens is 2. The topological polar surface area (TPSA) is 90.9 Å². The minimum absolute atomic E-state index is 0. The zero-order valence-electron chi connectivity index (χ0n) is 17.6. The Morgan fingerprint density at radius 1 is 1.40 bits per heavy atom. The number of aromatic nitrogens is 1. The Balaban J connectivity index is 0.00000320. The summed E-state index contributed by atoms with van der Waals surface area (Å²) in [6.07, 6.45) is 4.63. The van der Waals surface area contributed by atoms with Gasteiger partial charge in [0.25, 0.3) is 0 Å². The molecule has 1 saturated carbocycles. The number of nitrogens with one attached hydrogen (secondary N) is 3. The van der Waals surface area contributed by atoms with E-state index >= 15 is 0 Å². The van der Waals surface area contributed by atoms with Crippen LogP contribution in [0, 0.1) is 5.92 Å². The Labute approximate surface area is 200 Å². The maximum absolute atomic E-state index is 11.8. The summed E-state index contributed by atoms with van der Waals surface area (Å²) < 4.78 is 5.02. The molecule has 2 atom stereocenters. The van der Waals surface area contributed by atoms with Crippen LogP contribution in [0.1, 0.15) is 33.1 Å². The van der Waals surface area contributed by atoms with Crippen molar-refractivity contribution in [3.63, 3.8) is 0 Å². The van der Waals surface area contributed by atoms with Crippen molar-refractivity contribution in [3.05, 3.63) is 23.4 Å². The fraction of sp³-hybridized carbons (Fsp3) is 0.650. The molecule has 1 aromatic rings. The van der Waals surface area contributed by atoms with Gasteiger partial charge in [0.05, 0.1) is 24.2 Å². The lowest BCUT2D eigenvalue weighted by molar-refractivity contribution is 0.147. The minimum atomic E-state index is -0.365. The fourth-order valence-electron chi connectivity index (χ4n) is 3.52. The van der Waals surface area contributed by atoms with Gasteiger partial charge in [0, 0.05) is 31.9 Å². The highest BCUT2D eigenvalue weighted by atomic mass is 127. The Morgan fingerprint density at radius 3 is 2.87 bits per heavy atom. The Hall–Kier alpha value is -1.49. The largest absolute Gasteiger partial charge is 0.450 e. The standard InChI is InChI=1S/C20H31ClN6O2.HI/c1-3-22-19(24-12-17(14-7-8-14)26-20(28)29-4-2)25-15-9-11-27(13-15)18-16(21)6-5-10-23-18;/h5-6,10,14-15,17H,3-4,7-9,11-13H2,1-2H3,(H,26,28)(H2,22,24,25);1H. The van der Waals surface area contributed by atoms with Crippen molar-refractivity contribution in [2.24, 2.45) is 10.9 Å². The molecule has 168 valence electrons. The average molecular weight is 551 g/mol. The molecule has 1 aliphatic heterocycles. The van der Waals surface area contributed by atoms with E-state index in [1.807, 2.05) is 19.1 Å². The summed E-state index contributed by atoms with van der Waals surface area (Å²) in [5.74, 6) is 2.08. The molecule has 8 nitrogen and oxygen atoms in total. The van der Waals surface area contributed by atoms with Gasteiger partial charge in [0.15, 0.2) is 5.96 Å². The maximum atomic E-state index is 11.8. The zero-order valence-corrected chi connectivity index (χ0v) is 20.7. The van der Waals surface area contributed by atoms with Crippen molar-refractivity contribution >= 4 is 53.4 Å². The lowest BCUT2D eigenvalue weighted by Gasteiger charge is -2.21. The van der Waals surface area contributed by atoms with Gasteiger partial charge < -0.3 is 25.6 Å². The lowest BCUT2D eigenvalue weighted by Crippen LogP contribution is -2.46. The molecule has 3 rings (SSSR count). The molecule has 2 unspecified atom stereocenters. The number of rotatable bonds is 8. The first kappa shape index (κ1) is 24.8. The summed E-state index contributed by atoms with van der Waals surface area (Å²) in [6, 6.07) is 3.97. The van der Waals surface area contributed by atoms with E-state index in [-0.39, 0.29) is 42.2 Å². The molecule has 1 aliphatic carbocycles. The third-order valence-electron chi connectivity index (χ3n) is 5.13. The molecule has 2 heterocycles. The van der Waals surface area contributed by atoms with Crippen molar-refractivity contribution < 1.29 is 9.53 Å². The Morgan fingerprint density at radius 2 is 2.20 bits per heavy atom. The molecular formula is C20H32ClIN6O2. The smallest absolute Gasteiger partial charge is 0.407 e. The second kappa shape index (κ2) is 12.4. The SMILES string of the molecule is CCNC(=NCC(NC(=O)OCC)C1CC1)NC1CCN(c2ncccc2Cl)C1.I. The molecule has 2 fully saturated rings. The fourth-order valence-corrected chi connectivity index (χ4v) is 3.76. The van der Waals surface area contributed by atoms with Gasteiger partial charge in [-0.05, 0) is 51.2 Å². The van der Waals surface area contributed by atoms with Gasteiger partial charge in [-0.1, -0.05) is 11.6 Å². The molecule has 1 aromatic heterocycles. The monoisotopic (exact) mass is 550 g/mol. The average Bonchev–Trinajstić information content (AvgIpc) is 3.45. The molecule has 3 N–H and O–H groups in total. The highest BCUT2D eigenvalue weighted by molar-refractivity contribution is 14.0. The number of ether oxygens (including phenoxy) is 1. The quantitative estimate of drug-likeness (QED) is 0.262. The second-order valence-electron chi connectivity index (χ2n) is 7.41. The number of nitrogens with zero attached hydrogens (tertiary/aromatic N) is 3.